The zero-order valence-corrected chi connectivity index (χ0v) is 14.7. The molecular formula is C20H15NO4S. The van der Waals surface area contributed by atoms with Gasteiger partial charge in [0.25, 0.3) is 5.91 Å². The van der Waals surface area contributed by atoms with Crippen LogP contribution in [0.1, 0.15) is 36.0 Å². The van der Waals surface area contributed by atoms with Gasteiger partial charge in [-0.1, -0.05) is 24.3 Å². The molecule has 0 fully saturated rings. The van der Waals surface area contributed by atoms with E-state index in [9.17, 15) is 14.4 Å². The average molecular weight is 365 g/mol. The molecule has 0 radical (unpaired) electrons. The molecule has 0 saturated heterocycles. The van der Waals surface area contributed by atoms with Crippen LogP contribution in [-0.2, 0) is 4.74 Å². The number of thiophene rings is 1. The van der Waals surface area contributed by atoms with Crippen LogP contribution < -0.4 is 5.32 Å². The first-order valence-electron chi connectivity index (χ1n) is 7.77. The normalized spacial score (nSPS) is 10.2. The molecule has 1 aromatic heterocycles. The van der Waals surface area contributed by atoms with Gasteiger partial charge in [-0.05, 0) is 41.8 Å². The molecule has 1 amide bonds. The standard InChI is InChI=1S/C20H15NO4S/c1-25-20(24)13-8-10-14(11-9-13)21-19(23)16-6-3-2-5-15(16)18(22)17-7-4-12-26-17/h2-12H,1H3,(H,21,23). The second-order valence-corrected chi connectivity index (χ2v) is 6.32. The molecule has 3 rings (SSSR count). The Morgan fingerprint density at radius 1 is 0.885 bits per heavy atom. The predicted molar refractivity (Wildman–Crippen MR) is 99.9 cm³/mol. The van der Waals surface area contributed by atoms with E-state index in [1.807, 2.05) is 5.38 Å². The smallest absolute Gasteiger partial charge is 0.337 e. The van der Waals surface area contributed by atoms with Gasteiger partial charge in [-0.3, -0.25) is 9.59 Å². The van der Waals surface area contributed by atoms with Crippen LogP contribution in [0.3, 0.4) is 0 Å². The molecule has 1 heterocycles. The molecule has 0 aliphatic rings. The monoisotopic (exact) mass is 365 g/mol. The summed E-state index contributed by atoms with van der Waals surface area (Å²) < 4.78 is 4.64. The third kappa shape index (κ3) is 3.70. The fourth-order valence-electron chi connectivity index (χ4n) is 2.43. The zero-order valence-electron chi connectivity index (χ0n) is 13.9. The summed E-state index contributed by atoms with van der Waals surface area (Å²) in [6.07, 6.45) is 0. The van der Waals surface area contributed by atoms with Crippen LogP contribution in [0.4, 0.5) is 5.69 Å². The van der Waals surface area contributed by atoms with Crippen LogP contribution in [0.2, 0.25) is 0 Å². The first-order valence-corrected chi connectivity index (χ1v) is 8.65. The molecule has 2 aromatic carbocycles. The number of ether oxygens (including phenoxy) is 1. The maximum atomic E-state index is 12.6. The van der Waals surface area contributed by atoms with E-state index in [4.69, 9.17) is 0 Å². The Labute approximate surface area is 154 Å². The summed E-state index contributed by atoms with van der Waals surface area (Å²) in [5, 5.41) is 4.56. The minimum atomic E-state index is -0.449. The molecule has 0 atom stereocenters. The fourth-order valence-corrected chi connectivity index (χ4v) is 3.10. The van der Waals surface area contributed by atoms with Gasteiger partial charge in [-0.2, -0.15) is 0 Å². The largest absolute Gasteiger partial charge is 0.465 e. The number of amides is 1. The number of ketones is 1. The van der Waals surface area contributed by atoms with Gasteiger partial charge in [-0.25, -0.2) is 4.79 Å². The van der Waals surface area contributed by atoms with Gasteiger partial charge >= 0.3 is 5.97 Å². The molecule has 1 N–H and O–H groups in total. The molecule has 0 unspecified atom stereocenters. The zero-order chi connectivity index (χ0) is 18.5. The summed E-state index contributed by atoms with van der Waals surface area (Å²) in [5.41, 5.74) is 1.54. The summed E-state index contributed by atoms with van der Waals surface area (Å²) in [6.45, 7) is 0. The van der Waals surface area contributed by atoms with E-state index >= 15 is 0 Å². The maximum Gasteiger partial charge on any atom is 0.337 e. The lowest BCUT2D eigenvalue weighted by Crippen LogP contribution is -2.16. The molecule has 0 aliphatic heterocycles. The Morgan fingerprint density at radius 2 is 1.58 bits per heavy atom. The van der Waals surface area contributed by atoms with Crippen LogP contribution in [-0.4, -0.2) is 24.8 Å². The van der Waals surface area contributed by atoms with Gasteiger partial charge < -0.3 is 10.1 Å². The van der Waals surface area contributed by atoms with Crippen LogP contribution in [0.15, 0.2) is 66.0 Å². The summed E-state index contributed by atoms with van der Waals surface area (Å²) >= 11 is 1.33. The molecule has 0 spiro atoms. The number of anilines is 1. The van der Waals surface area contributed by atoms with Crippen molar-refractivity contribution in [2.24, 2.45) is 0 Å². The third-order valence-electron chi connectivity index (χ3n) is 3.73. The molecule has 3 aromatic rings. The van der Waals surface area contributed by atoms with Gasteiger partial charge in [0.1, 0.15) is 0 Å². The minimum absolute atomic E-state index is 0.188. The highest BCUT2D eigenvalue weighted by Gasteiger charge is 2.18. The number of methoxy groups -OCH3 is 1. The lowest BCUT2D eigenvalue weighted by atomic mass is 10.0. The number of carbonyl (C=O) groups excluding carboxylic acids is 3. The van der Waals surface area contributed by atoms with E-state index in [0.717, 1.165) is 0 Å². The van der Waals surface area contributed by atoms with Gasteiger partial charge in [-0.15, -0.1) is 11.3 Å². The number of rotatable bonds is 5. The molecule has 0 aliphatic carbocycles. The van der Waals surface area contributed by atoms with Crippen molar-refractivity contribution in [2.75, 3.05) is 12.4 Å². The van der Waals surface area contributed by atoms with E-state index in [2.05, 4.69) is 10.1 Å². The van der Waals surface area contributed by atoms with E-state index in [0.29, 0.717) is 27.3 Å². The Balaban J connectivity index is 1.82. The van der Waals surface area contributed by atoms with Crippen LogP contribution in [0, 0.1) is 0 Å². The van der Waals surface area contributed by atoms with E-state index in [-0.39, 0.29) is 5.78 Å². The van der Waals surface area contributed by atoms with Crippen molar-refractivity contribution < 1.29 is 19.1 Å². The number of esters is 1. The molecule has 0 bridgehead atoms. The number of carbonyl (C=O) groups is 3. The Kier molecular flexibility index (Phi) is 5.24. The van der Waals surface area contributed by atoms with Crippen molar-refractivity contribution in [3.63, 3.8) is 0 Å². The highest BCUT2D eigenvalue weighted by atomic mass is 32.1. The molecule has 6 heteroatoms. The number of benzene rings is 2. The SMILES string of the molecule is COC(=O)c1ccc(NC(=O)c2ccccc2C(=O)c2cccs2)cc1. The summed E-state index contributed by atoms with van der Waals surface area (Å²) in [4.78, 5) is 37.3. The first-order chi connectivity index (χ1) is 12.6. The van der Waals surface area contributed by atoms with Crippen LogP contribution in [0.25, 0.3) is 0 Å². The van der Waals surface area contributed by atoms with Crippen molar-refractivity contribution in [2.45, 2.75) is 0 Å². The Hall–Kier alpha value is -3.25. The van der Waals surface area contributed by atoms with Crippen molar-refractivity contribution in [1.29, 1.82) is 0 Å². The second kappa shape index (κ2) is 7.76. The summed E-state index contributed by atoms with van der Waals surface area (Å²) in [5.74, 6) is -1.03. The highest BCUT2D eigenvalue weighted by Crippen LogP contribution is 2.20. The third-order valence-corrected chi connectivity index (χ3v) is 4.59. The van der Waals surface area contributed by atoms with Gasteiger partial charge in [0, 0.05) is 11.3 Å². The second-order valence-electron chi connectivity index (χ2n) is 5.38. The molecule has 5 nitrogen and oxygen atoms in total. The molecule has 0 saturated carbocycles. The Morgan fingerprint density at radius 3 is 2.19 bits per heavy atom. The summed E-state index contributed by atoms with van der Waals surface area (Å²) in [6, 6.07) is 16.5. The van der Waals surface area contributed by atoms with Crippen molar-refractivity contribution in [1.82, 2.24) is 0 Å². The minimum Gasteiger partial charge on any atom is -0.465 e. The maximum absolute atomic E-state index is 12.6. The van der Waals surface area contributed by atoms with Gasteiger partial charge in [0.2, 0.25) is 5.78 Å². The quantitative estimate of drug-likeness (QED) is 0.547. The van der Waals surface area contributed by atoms with Crippen LogP contribution in [0.5, 0.6) is 0 Å². The van der Waals surface area contributed by atoms with E-state index < -0.39 is 11.9 Å². The molecule has 130 valence electrons. The summed E-state index contributed by atoms with van der Waals surface area (Å²) in [7, 11) is 1.31. The van der Waals surface area contributed by atoms with Crippen LogP contribution >= 0.6 is 11.3 Å². The van der Waals surface area contributed by atoms with E-state index in [1.54, 1.807) is 60.7 Å². The highest BCUT2D eigenvalue weighted by molar-refractivity contribution is 7.12. The fraction of sp³-hybridized carbons (Fsp3) is 0.0500. The average Bonchev–Trinajstić information content (AvgIpc) is 3.22. The predicted octanol–water partition coefficient (Wildman–Crippen LogP) is 4.02. The van der Waals surface area contributed by atoms with Gasteiger partial charge in [0.05, 0.1) is 23.1 Å². The van der Waals surface area contributed by atoms with Crippen molar-refractivity contribution in [3.8, 4) is 0 Å². The Bertz CT molecular complexity index is 946. The number of hydrogen-bond acceptors (Lipinski definition) is 5. The number of nitrogens with one attached hydrogen (secondary N) is 1. The van der Waals surface area contributed by atoms with E-state index in [1.165, 1.54) is 18.4 Å². The lowest BCUT2D eigenvalue weighted by Gasteiger charge is -2.09. The van der Waals surface area contributed by atoms with Gasteiger partial charge in [0.15, 0.2) is 0 Å². The number of hydrogen-bond donors (Lipinski definition) is 1. The topological polar surface area (TPSA) is 72.5 Å². The lowest BCUT2D eigenvalue weighted by molar-refractivity contribution is 0.0600. The van der Waals surface area contributed by atoms with Crippen molar-refractivity contribution in [3.05, 3.63) is 87.6 Å². The molecule has 26 heavy (non-hydrogen) atoms. The first kappa shape index (κ1) is 17.6. The molecular weight excluding hydrogens is 350 g/mol. The van der Waals surface area contributed by atoms with Crippen molar-refractivity contribution >= 4 is 34.7 Å².